The van der Waals surface area contributed by atoms with Crippen LogP contribution < -0.4 is 5.32 Å². The van der Waals surface area contributed by atoms with Crippen molar-refractivity contribution in [1.82, 2.24) is 10.2 Å². The molecule has 1 atom stereocenters. The van der Waals surface area contributed by atoms with E-state index in [1.165, 1.54) is 19.3 Å². The third-order valence-electron chi connectivity index (χ3n) is 2.57. The topological polar surface area (TPSA) is 24.5 Å². The maximum Gasteiger partial charge on any atom is 0.0591 e. The van der Waals surface area contributed by atoms with Crippen molar-refractivity contribution in [1.29, 1.82) is 0 Å². The highest BCUT2D eigenvalue weighted by Gasteiger charge is 1.99. The van der Waals surface area contributed by atoms with Crippen LogP contribution in [0.2, 0.25) is 0 Å². The summed E-state index contributed by atoms with van der Waals surface area (Å²) in [6.45, 7) is 9.46. The fraction of sp³-hybridized carbons (Fsp3) is 1.00. The van der Waals surface area contributed by atoms with Gasteiger partial charge >= 0.3 is 0 Å². The Morgan fingerprint density at radius 3 is 2.62 bits per heavy atom. The Hall–Kier alpha value is -0.120. The van der Waals surface area contributed by atoms with Crippen molar-refractivity contribution in [3.05, 3.63) is 0 Å². The van der Waals surface area contributed by atoms with Crippen LogP contribution in [-0.4, -0.2) is 51.8 Å². The molecular weight excluding hydrogens is 200 g/mol. The molecule has 0 spiro atoms. The lowest BCUT2D eigenvalue weighted by Gasteiger charge is -2.12. The van der Waals surface area contributed by atoms with Gasteiger partial charge in [0.15, 0.2) is 0 Å². The van der Waals surface area contributed by atoms with Crippen LogP contribution in [0.3, 0.4) is 0 Å². The molecule has 0 aliphatic rings. The third-order valence-corrected chi connectivity index (χ3v) is 2.57. The van der Waals surface area contributed by atoms with Crippen LogP contribution >= 0.6 is 0 Å². The lowest BCUT2D eigenvalue weighted by Crippen LogP contribution is -2.25. The molecule has 0 aromatic carbocycles. The van der Waals surface area contributed by atoms with E-state index in [-0.39, 0.29) is 0 Å². The van der Waals surface area contributed by atoms with Crippen LogP contribution in [0.25, 0.3) is 0 Å². The fourth-order valence-electron chi connectivity index (χ4n) is 1.65. The third kappa shape index (κ3) is 12.0. The van der Waals surface area contributed by atoms with Gasteiger partial charge in [0.25, 0.3) is 0 Å². The zero-order chi connectivity index (χ0) is 12.2. The van der Waals surface area contributed by atoms with Crippen LogP contribution in [0.5, 0.6) is 0 Å². The van der Waals surface area contributed by atoms with E-state index in [2.05, 4.69) is 38.2 Å². The van der Waals surface area contributed by atoms with Gasteiger partial charge in [0.2, 0.25) is 0 Å². The first kappa shape index (κ1) is 15.9. The molecule has 0 aromatic rings. The summed E-state index contributed by atoms with van der Waals surface area (Å²) in [4.78, 5) is 2.21. The summed E-state index contributed by atoms with van der Waals surface area (Å²) >= 11 is 0. The number of hydrogen-bond donors (Lipinski definition) is 1. The average molecular weight is 230 g/mol. The van der Waals surface area contributed by atoms with Gasteiger partial charge in [-0.1, -0.05) is 20.3 Å². The molecule has 0 fully saturated rings. The van der Waals surface area contributed by atoms with E-state index in [1.807, 2.05) is 0 Å². The van der Waals surface area contributed by atoms with Gasteiger partial charge < -0.3 is 15.0 Å². The van der Waals surface area contributed by atoms with E-state index in [4.69, 9.17) is 4.74 Å². The summed E-state index contributed by atoms with van der Waals surface area (Å²) in [7, 11) is 4.22. The van der Waals surface area contributed by atoms with Crippen molar-refractivity contribution in [2.45, 2.75) is 33.1 Å². The minimum Gasteiger partial charge on any atom is -0.380 e. The molecule has 0 aliphatic carbocycles. The highest BCUT2D eigenvalue weighted by atomic mass is 16.5. The summed E-state index contributed by atoms with van der Waals surface area (Å²) < 4.78 is 5.60. The molecule has 1 N–H and O–H groups in total. The van der Waals surface area contributed by atoms with E-state index < -0.39 is 0 Å². The van der Waals surface area contributed by atoms with Gasteiger partial charge in [0.05, 0.1) is 6.61 Å². The van der Waals surface area contributed by atoms with Crippen molar-refractivity contribution in [3.8, 4) is 0 Å². The predicted octanol–water partition coefficient (Wildman–Crippen LogP) is 1.98. The largest absolute Gasteiger partial charge is 0.380 e. The Kier molecular flexibility index (Phi) is 11.3. The van der Waals surface area contributed by atoms with Gasteiger partial charge in [-0.05, 0) is 45.9 Å². The monoisotopic (exact) mass is 230 g/mol. The first-order chi connectivity index (χ1) is 7.66. The van der Waals surface area contributed by atoms with E-state index in [0.29, 0.717) is 5.92 Å². The maximum atomic E-state index is 5.60. The highest BCUT2D eigenvalue weighted by molar-refractivity contribution is 4.52. The summed E-state index contributed by atoms with van der Waals surface area (Å²) in [5.41, 5.74) is 0. The molecule has 0 saturated carbocycles. The number of rotatable bonds is 11. The first-order valence-corrected chi connectivity index (χ1v) is 6.60. The van der Waals surface area contributed by atoms with Crippen LogP contribution in [0.1, 0.15) is 33.1 Å². The molecule has 3 heteroatoms. The Labute approximate surface area is 102 Å². The predicted molar refractivity (Wildman–Crippen MR) is 70.9 cm³/mol. The normalized spacial score (nSPS) is 13.3. The Morgan fingerprint density at radius 2 is 2.00 bits per heavy atom. The Morgan fingerprint density at radius 1 is 1.25 bits per heavy atom. The second-order valence-corrected chi connectivity index (χ2v) is 4.88. The summed E-state index contributed by atoms with van der Waals surface area (Å²) in [6.07, 6.45) is 3.74. The lowest BCUT2D eigenvalue weighted by molar-refractivity contribution is 0.103. The van der Waals surface area contributed by atoms with E-state index in [0.717, 1.165) is 32.8 Å². The van der Waals surface area contributed by atoms with E-state index in [9.17, 15) is 0 Å². The maximum absolute atomic E-state index is 5.60. The minimum absolute atomic E-state index is 0.707. The first-order valence-electron chi connectivity index (χ1n) is 6.60. The Balaban J connectivity index is 3.04. The van der Waals surface area contributed by atoms with Crippen LogP contribution in [-0.2, 0) is 4.74 Å². The van der Waals surface area contributed by atoms with Crippen LogP contribution in [0, 0.1) is 5.92 Å². The second kappa shape index (κ2) is 11.4. The molecule has 0 aliphatic heterocycles. The van der Waals surface area contributed by atoms with Gasteiger partial charge in [0, 0.05) is 13.2 Å². The zero-order valence-electron chi connectivity index (χ0n) is 11.6. The van der Waals surface area contributed by atoms with Crippen molar-refractivity contribution in [2.24, 2.45) is 5.92 Å². The summed E-state index contributed by atoms with van der Waals surface area (Å²) in [5.74, 6) is 0.707. The minimum atomic E-state index is 0.707. The molecule has 0 saturated heterocycles. The second-order valence-electron chi connectivity index (χ2n) is 4.88. The quantitative estimate of drug-likeness (QED) is 0.549. The van der Waals surface area contributed by atoms with Gasteiger partial charge in [0.1, 0.15) is 0 Å². The number of hydrogen-bond acceptors (Lipinski definition) is 3. The standard InChI is InChI=1S/C13H30N2O/c1-5-7-13(2)12-16-11-9-14-8-6-10-15(3)4/h13-14H,5-12H2,1-4H3. The molecule has 0 heterocycles. The SMILES string of the molecule is CCCC(C)COCCNCCCN(C)C. The van der Waals surface area contributed by atoms with Gasteiger partial charge in [-0.2, -0.15) is 0 Å². The molecule has 98 valence electrons. The zero-order valence-corrected chi connectivity index (χ0v) is 11.6. The van der Waals surface area contributed by atoms with Gasteiger partial charge in [-0.25, -0.2) is 0 Å². The molecule has 1 unspecified atom stereocenters. The number of nitrogens with one attached hydrogen (secondary N) is 1. The molecule has 3 nitrogen and oxygen atoms in total. The Bertz CT molecular complexity index is 140. The van der Waals surface area contributed by atoms with Gasteiger partial charge in [-0.15, -0.1) is 0 Å². The molecule has 0 aromatic heterocycles. The van der Waals surface area contributed by atoms with Gasteiger partial charge in [-0.3, -0.25) is 0 Å². The number of ether oxygens (including phenoxy) is 1. The van der Waals surface area contributed by atoms with E-state index >= 15 is 0 Å². The highest BCUT2D eigenvalue weighted by Crippen LogP contribution is 2.04. The summed E-state index contributed by atoms with van der Waals surface area (Å²) in [6, 6.07) is 0. The molecule has 16 heavy (non-hydrogen) atoms. The average Bonchev–Trinajstić information content (AvgIpc) is 2.22. The van der Waals surface area contributed by atoms with Crippen molar-refractivity contribution >= 4 is 0 Å². The molecule has 0 bridgehead atoms. The fourth-order valence-corrected chi connectivity index (χ4v) is 1.65. The lowest BCUT2D eigenvalue weighted by atomic mass is 10.1. The van der Waals surface area contributed by atoms with Crippen LogP contribution in [0.4, 0.5) is 0 Å². The van der Waals surface area contributed by atoms with Crippen molar-refractivity contribution < 1.29 is 4.74 Å². The van der Waals surface area contributed by atoms with Crippen molar-refractivity contribution in [2.75, 3.05) is 46.9 Å². The summed E-state index contributed by atoms with van der Waals surface area (Å²) in [5, 5.41) is 3.39. The smallest absolute Gasteiger partial charge is 0.0591 e. The molecule has 0 radical (unpaired) electrons. The number of nitrogens with zero attached hydrogens (tertiary/aromatic N) is 1. The van der Waals surface area contributed by atoms with Crippen molar-refractivity contribution in [3.63, 3.8) is 0 Å². The van der Waals surface area contributed by atoms with E-state index in [1.54, 1.807) is 0 Å². The molecule has 0 rings (SSSR count). The van der Waals surface area contributed by atoms with Crippen LogP contribution in [0.15, 0.2) is 0 Å². The molecular formula is C13H30N2O. The molecule has 0 amide bonds.